The average Bonchev–Trinajstić information content (AvgIpc) is 2.81. The first kappa shape index (κ1) is 15.9. The Bertz CT molecular complexity index is 381. The van der Waals surface area contributed by atoms with Crippen LogP contribution in [0.1, 0.15) is 33.6 Å². The summed E-state index contributed by atoms with van der Waals surface area (Å²) in [5, 5.41) is 2.69. The molecule has 120 valence electrons. The van der Waals surface area contributed by atoms with Gasteiger partial charge in [-0.1, -0.05) is 0 Å². The molecule has 7 heteroatoms. The van der Waals surface area contributed by atoms with Gasteiger partial charge in [-0.3, -0.25) is 0 Å². The van der Waals surface area contributed by atoms with Gasteiger partial charge in [0.25, 0.3) is 0 Å². The molecule has 2 fully saturated rings. The van der Waals surface area contributed by atoms with Crippen molar-refractivity contribution in [2.45, 2.75) is 51.4 Å². The summed E-state index contributed by atoms with van der Waals surface area (Å²) in [6.07, 6.45) is 1.01. The Morgan fingerprint density at radius 1 is 1.33 bits per heavy atom. The lowest BCUT2D eigenvalue weighted by Gasteiger charge is -2.38. The van der Waals surface area contributed by atoms with Crippen LogP contribution in [0, 0.1) is 0 Å². The molecule has 0 saturated carbocycles. The Kier molecular flexibility index (Phi) is 4.92. The Balaban J connectivity index is 1.59. The smallest absolute Gasteiger partial charge is 0.410 e. The minimum Gasteiger partial charge on any atom is -0.444 e. The van der Waals surface area contributed by atoms with Gasteiger partial charge in [-0.15, -0.1) is 0 Å². The van der Waals surface area contributed by atoms with Gasteiger partial charge in [0.15, 0.2) is 0 Å². The minimum absolute atomic E-state index is 0.0946. The third-order valence-electron chi connectivity index (χ3n) is 3.27. The molecule has 1 atom stereocenters. The molecule has 2 amide bonds. The number of hydrogen-bond acceptors (Lipinski definition) is 5. The van der Waals surface area contributed by atoms with Crippen LogP contribution in [0.3, 0.4) is 0 Å². The summed E-state index contributed by atoms with van der Waals surface area (Å²) < 4.78 is 15.8. The highest BCUT2D eigenvalue weighted by molar-refractivity contribution is 5.70. The fraction of sp³-hybridized carbons (Fsp3) is 0.857. The number of likely N-dealkylation sites (tertiary alicyclic amines) is 1. The molecule has 2 rings (SSSR count). The van der Waals surface area contributed by atoms with Gasteiger partial charge < -0.3 is 24.4 Å². The number of amides is 2. The molecule has 1 N–H and O–H groups in total. The normalized spacial score (nSPS) is 22.6. The van der Waals surface area contributed by atoms with Crippen LogP contribution in [0.25, 0.3) is 0 Å². The summed E-state index contributed by atoms with van der Waals surface area (Å²) in [5.41, 5.74) is -0.512. The summed E-state index contributed by atoms with van der Waals surface area (Å²) >= 11 is 0. The van der Waals surface area contributed by atoms with Crippen molar-refractivity contribution in [1.82, 2.24) is 10.2 Å². The lowest BCUT2D eigenvalue weighted by atomic mass is 10.2. The van der Waals surface area contributed by atoms with Crippen molar-refractivity contribution < 1.29 is 23.8 Å². The van der Waals surface area contributed by atoms with E-state index in [9.17, 15) is 9.59 Å². The maximum absolute atomic E-state index is 11.7. The monoisotopic (exact) mass is 300 g/mol. The third kappa shape index (κ3) is 5.08. The maximum atomic E-state index is 11.7. The van der Waals surface area contributed by atoms with E-state index in [0.717, 1.165) is 19.4 Å². The molecule has 0 aromatic rings. The fourth-order valence-electron chi connectivity index (χ4n) is 2.18. The van der Waals surface area contributed by atoms with Crippen LogP contribution in [0.4, 0.5) is 9.59 Å². The second kappa shape index (κ2) is 6.51. The van der Waals surface area contributed by atoms with Gasteiger partial charge in [0.2, 0.25) is 0 Å². The molecule has 2 saturated heterocycles. The van der Waals surface area contributed by atoms with E-state index in [0.29, 0.717) is 19.6 Å². The van der Waals surface area contributed by atoms with Crippen molar-refractivity contribution in [1.29, 1.82) is 0 Å². The van der Waals surface area contributed by atoms with Crippen molar-refractivity contribution in [3.63, 3.8) is 0 Å². The molecule has 2 aliphatic rings. The largest absolute Gasteiger partial charge is 0.444 e. The zero-order valence-electron chi connectivity index (χ0n) is 12.9. The first-order valence-electron chi connectivity index (χ1n) is 7.37. The van der Waals surface area contributed by atoms with E-state index in [1.807, 2.05) is 20.8 Å². The molecule has 0 radical (unpaired) electrons. The Labute approximate surface area is 124 Å². The molecule has 21 heavy (non-hydrogen) atoms. The van der Waals surface area contributed by atoms with E-state index < -0.39 is 11.7 Å². The average molecular weight is 300 g/mol. The molecule has 2 aliphatic heterocycles. The molecule has 2 heterocycles. The van der Waals surface area contributed by atoms with Crippen LogP contribution >= 0.6 is 0 Å². The fourth-order valence-corrected chi connectivity index (χ4v) is 2.18. The third-order valence-corrected chi connectivity index (χ3v) is 3.27. The molecule has 0 bridgehead atoms. The van der Waals surface area contributed by atoms with Gasteiger partial charge in [-0.25, -0.2) is 9.59 Å². The zero-order valence-corrected chi connectivity index (χ0v) is 12.9. The predicted octanol–water partition coefficient (Wildman–Crippen LogP) is 1.51. The SMILES string of the molecule is CC(C)(C)OC(=O)N1CC(OC(=O)NC[C@H]2CCCO2)C1. The van der Waals surface area contributed by atoms with E-state index in [4.69, 9.17) is 14.2 Å². The van der Waals surface area contributed by atoms with Crippen molar-refractivity contribution in [2.24, 2.45) is 0 Å². The summed E-state index contributed by atoms with van der Waals surface area (Å²) in [7, 11) is 0. The number of hydrogen-bond donors (Lipinski definition) is 1. The highest BCUT2D eigenvalue weighted by Crippen LogP contribution is 2.17. The van der Waals surface area contributed by atoms with Gasteiger partial charge in [-0.2, -0.15) is 0 Å². The van der Waals surface area contributed by atoms with Crippen molar-refractivity contribution in [2.75, 3.05) is 26.2 Å². The molecule has 0 aromatic carbocycles. The Morgan fingerprint density at radius 2 is 2.05 bits per heavy atom. The second-order valence-electron chi connectivity index (χ2n) is 6.43. The lowest BCUT2D eigenvalue weighted by Crippen LogP contribution is -2.57. The van der Waals surface area contributed by atoms with Crippen LogP contribution < -0.4 is 5.32 Å². The van der Waals surface area contributed by atoms with Gasteiger partial charge in [-0.05, 0) is 33.6 Å². The van der Waals surface area contributed by atoms with E-state index in [1.54, 1.807) is 0 Å². The molecule has 0 aliphatic carbocycles. The summed E-state index contributed by atoms with van der Waals surface area (Å²) in [4.78, 5) is 24.8. The number of carbonyl (C=O) groups is 2. The standard InChI is InChI=1S/C14H24N2O5/c1-14(2,3)21-13(18)16-8-11(9-16)20-12(17)15-7-10-5-4-6-19-10/h10-11H,4-9H2,1-3H3,(H,15,17)/t10-/m1/s1. The molecular weight excluding hydrogens is 276 g/mol. The van der Waals surface area contributed by atoms with Crippen molar-refractivity contribution >= 4 is 12.2 Å². The van der Waals surface area contributed by atoms with Crippen LogP contribution in [-0.2, 0) is 14.2 Å². The van der Waals surface area contributed by atoms with Crippen molar-refractivity contribution in [3.8, 4) is 0 Å². The quantitative estimate of drug-likeness (QED) is 0.855. The summed E-state index contributed by atoms with van der Waals surface area (Å²) in [6.45, 7) is 7.44. The number of alkyl carbamates (subject to hydrolysis) is 1. The van der Waals surface area contributed by atoms with Gasteiger partial charge >= 0.3 is 12.2 Å². The Morgan fingerprint density at radius 3 is 2.62 bits per heavy atom. The number of carbonyl (C=O) groups excluding carboxylic acids is 2. The number of ether oxygens (including phenoxy) is 3. The number of rotatable bonds is 3. The highest BCUT2D eigenvalue weighted by atomic mass is 16.6. The highest BCUT2D eigenvalue weighted by Gasteiger charge is 2.36. The van der Waals surface area contributed by atoms with E-state index in [2.05, 4.69) is 5.32 Å². The van der Waals surface area contributed by atoms with E-state index in [1.165, 1.54) is 4.90 Å². The molecular formula is C14H24N2O5. The zero-order chi connectivity index (χ0) is 15.5. The van der Waals surface area contributed by atoms with Gasteiger partial charge in [0, 0.05) is 13.2 Å². The van der Waals surface area contributed by atoms with E-state index >= 15 is 0 Å². The van der Waals surface area contributed by atoms with Crippen LogP contribution in [0.15, 0.2) is 0 Å². The van der Waals surface area contributed by atoms with Crippen LogP contribution in [0.5, 0.6) is 0 Å². The number of nitrogens with one attached hydrogen (secondary N) is 1. The van der Waals surface area contributed by atoms with E-state index in [-0.39, 0.29) is 18.3 Å². The first-order chi connectivity index (χ1) is 9.83. The maximum Gasteiger partial charge on any atom is 0.410 e. The van der Waals surface area contributed by atoms with Crippen LogP contribution in [-0.4, -0.2) is 61.1 Å². The second-order valence-corrected chi connectivity index (χ2v) is 6.43. The molecule has 0 aromatic heterocycles. The van der Waals surface area contributed by atoms with Gasteiger partial charge in [0.05, 0.1) is 19.2 Å². The van der Waals surface area contributed by atoms with Crippen LogP contribution in [0.2, 0.25) is 0 Å². The summed E-state index contributed by atoms with van der Waals surface area (Å²) in [6, 6.07) is 0. The lowest BCUT2D eigenvalue weighted by molar-refractivity contribution is -0.0370. The van der Waals surface area contributed by atoms with Crippen molar-refractivity contribution in [3.05, 3.63) is 0 Å². The Hall–Kier alpha value is -1.50. The molecule has 7 nitrogen and oxygen atoms in total. The minimum atomic E-state index is -0.512. The number of nitrogens with zero attached hydrogens (tertiary/aromatic N) is 1. The molecule has 0 unspecified atom stereocenters. The first-order valence-corrected chi connectivity index (χ1v) is 7.37. The predicted molar refractivity (Wildman–Crippen MR) is 75.1 cm³/mol. The summed E-state index contributed by atoms with van der Waals surface area (Å²) in [5.74, 6) is 0. The topological polar surface area (TPSA) is 77.1 Å². The molecule has 0 spiro atoms. The van der Waals surface area contributed by atoms with Gasteiger partial charge in [0.1, 0.15) is 11.7 Å².